The van der Waals surface area contributed by atoms with E-state index in [-0.39, 0.29) is 12.5 Å². The van der Waals surface area contributed by atoms with Crippen LogP contribution in [-0.2, 0) is 30.8 Å². The van der Waals surface area contributed by atoms with Crippen molar-refractivity contribution in [1.82, 2.24) is 18.7 Å². The van der Waals surface area contributed by atoms with Gasteiger partial charge in [-0.25, -0.2) is 14.3 Å². The molecule has 1 amide bonds. The summed E-state index contributed by atoms with van der Waals surface area (Å²) in [6.45, 7) is 5.55. The molecule has 1 aromatic carbocycles. The number of aryl methyl sites for hydroxylation is 2. The van der Waals surface area contributed by atoms with Crippen LogP contribution in [0.2, 0.25) is 0 Å². The second-order valence-electron chi connectivity index (χ2n) is 8.07. The molecule has 0 aliphatic carbocycles. The molecule has 164 valence electrons. The zero-order valence-corrected chi connectivity index (χ0v) is 18.2. The maximum Gasteiger partial charge on any atom is 0.333 e. The lowest BCUT2D eigenvalue weighted by molar-refractivity contribution is -0.119. The molecule has 0 unspecified atom stereocenters. The minimum atomic E-state index is -0.465. The summed E-state index contributed by atoms with van der Waals surface area (Å²) in [6.07, 6.45) is 6.00. The third-order valence-corrected chi connectivity index (χ3v) is 5.95. The van der Waals surface area contributed by atoms with E-state index in [2.05, 4.69) is 11.9 Å². The Morgan fingerprint density at radius 3 is 2.55 bits per heavy atom. The zero-order valence-electron chi connectivity index (χ0n) is 18.2. The van der Waals surface area contributed by atoms with Crippen molar-refractivity contribution >= 4 is 22.8 Å². The summed E-state index contributed by atoms with van der Waals surface area (Å²) < 4.78 is 4.45. The monoisotopic (exact) mass is 423 g/mol. The average molecular weight is 424 g/mol. The number of anilines is 1. The smallest absolute Gasteiger partial charge is 0.325 e. The molecule has 31 heavy (non-hydrogen) atoms. The van der Waals surface area contributed by atoms with E-state index < -0.39 is 11.2 Å². The minimum absolute atomic E-state index is 0.245. The van der Waals surface area contributed by atoms with Gasteiger partial charge in [0, 0.05) is 25.3 Å². The quantitative estimate of drug-likeness (QED) is 0.558. The highest BCUT2D eigenvalue weighted by Crippen LogP contribution is 2.27. The Kier molecular flexibility index (Phi) is 6.06. The lowest BCUT2D eigenvalue weighted by atomic mass is 10.2. The Bertz CT molecular complexity index is 1220. The number of unbranched alkanes of at least 4 members (excludes halogenated alkanes) is 2. The second-order valence-corrected chi connectivity index (χ2v) is 8.07. The van der Waals surface area contributed by atoms with E-state index in [0.717, 1.165) is 47.9 Å². The van der Waals surface area contributed by atoms with Gasteiger partial charge in [-0.15, -0.1) is 0 Å². The van der Waals surface area contributed by atoms with Crippen LogP contribution < -0.4 is 16.1 Å². The van der Waals surface area contributed by atoms with E-state index in [1.165, 1.54) is 0 Å². The van der Waals surface area contributed by atoms with Crippen molar-refractivity contribution in [1.29, 1.82) is 0 Å². The molecule has 0 radical (unpaired) electrons. The Balaban J connectivity index is 1.77. The molecule has 2 aromatic heterocycles. The standard InChI is InChI=1S/C23H29N5O3/c1-3-5-12-25-16-24-21-20(25)22(30)28(23(31)27(21)13-6-4-2)15-19(29)26-14-11-17-9-7-8-10-18(17)26/h7-10,16H,3-6,11-15H2,1-2H3. The number of carbonyl (C=O) groups excluding carboxylic acids is 1. The highest BCUT2D eigenvalue weighted by Gasteiger charge is 2.26. The van der Waals surface area contributed by atoms with Crippen molar-refractivity contribution in [3.05, 3.63) is 57.0 Å². The maximum absolute atomic E-state index is 13.3. The Hall–Kier alpha value is -3.16. The summed E-state index contributed by atoms with van der Waals surface area (Å²) in [5, 5.41) is 0. The van der Waals surface area contributed by atoms with Gasteiger partial charge in [0.05, 0.1) is 6.33 Å². The van der Waals surface area contributed by atoms with Gasteiger partial charge in [-0.1, -0.05) is 44.9 Å². The van der Waals surface area contributed by atoms with Gasteiger partial charge in [-0.3, -0.25) is 14.2 Å². The van der Waals surface area contributed by atoms with E-state index in [1.54, 1.807) is 15.8 Å². The van der Waals surface area contributed by atoms with Crippen molar-refractivity contribution in [2.75, 3.05) is 11.4 Å². The third-order valence-electron chi connectivity index (χ3n) is 5.95. The van der Waals surface area contributed by atoms with Crippen LogP contribution >= 0.6 is 0 Å². The molecule has 0 fully saturated rings. The predicted octanol–water partition coefficient (Wildman–Crippen LogP) is 2.55. The number of hydrogen-bond donors (Lipinski definition) is 0. The molecular weight excluding hydrogens is 394 g/mol. The molecule has 0 saturated carbocycles. The molecule has 0 N–H and O–H groups in total. The average Bonchev–Trinajstić information content (AvgIpc) is 3.39. The van der Waals surface area contributed by atoms with Gasteiger partial charge in [0.2, 0.25) is 5.91 Å². The minimum Gasteiger partial charge on any atom is -0.325 e. The molecule has 0 bridgehead atoms. The van der Waals surface area contributed by atoms with E-state index in [1.807, 2.05) is 35.8 Å². The van der Waals surface area contributed by atoms with Gasteiger partial charge in [-0.05, 0) is 30.9 Å². The van der Waals surface area contributed by atoms with Crippen LogP contribution in [0.1, 0.15) is 45.1 Å². The van der Waals surface area contributed by atoms with E-state index >= 15 is 0 Å². The van der Waals surface area contributed by atoms with Crippen molar-refractivity contribution in [3.63, 3.8) is 0 Å². The molecule has 8 nitrogen and oxygen atoms in total. The fraction of sp³-hybridized carbons (Fsp3) is 0.478. The number of benzene rings is 1. The van der Waals surface area contributed by atoms with Crippen LogP contribution in [0.25, 0.3) is 11.2 Å². The number of hydrogen-bond acceptors (Lipinski definition) is 4. The third kappa shape index (κ3) is 3.82. The van der Waals surface area contributed by atoms with E-state index in [0.29, 0.717) is 30.8 Å². The summed E-state index contributed by atoms with van der Waals surface area (Å²) in [6, 6.07) is 7.76. The highest BCUT2D eigenvalue weighted by atomic mass is 16.2. The number of amides is 1. The first-order valence-corrected chi connectivity index (χ1v) is 11.1. The van der Waals surface area contributed by atoms with Gasteiger partial charge >= 0.3 is 5.69 Å². The molecule has 8 heteroatoms. The molecule has 0 spiro atoms. The first kappa shape index (κ1) is 21.1. The summed E-state index contributed by atoms with van der Waals surface area (Å²) in [5.74, 6) is -0.245. The van der Waals surface area contributed by atoms with Crippen LogP contribution in [0, 0.1) is 0 Å². The summed E-state index contributed by atoms with van der Waals surface area (Å²) in [5.41, 5.74) is 1.88. The number of rotatable bonds is 8. The lowest BCUT2D eigenvalue weighted by Crippen LogP contribution is -2.45. The molecular formula is C23H29N5O3. The number of imidazole rings is 1. The largest absolute Gasteiger partial charge is 0.333 e. The van der Waals surface area contributed by atoms with Crippen LogP contribution in [-0.4, -0.2) is 31.1 Å². The molecule has 4 rings (SSSR count). The highest BCUT2D eigenvalue weighted by molar-refractivity contribution is 5.95. The SMILES string of the molecule is CCCCn1cnc2c1c(=O)n(CC(=O)N1CCc3ccccc31)c(=O)n2CCCC. The first-order valence-electron chi connectivity index (χ1n) is 11.1. The number of para-hydroxylation sites is 1. The van der Waals surface area contributed by atoms with Crippen molar-refractivity contribution in [2.45, 2.75) is 65.6 Å². The second kappa shape index (κ2) is 8.91. The normalized spacial score (nSPS) is 13.2. The molecule has 0 saturated heterocycles. The number of nitrogens with zero attached hydrogens (tertiary/aromatic N) is 5. The topological polar surface area (TPSA) is 82.1 Å². The Morgan fingerprint density at radius 2 is 1.77 bits per heavy atom. The van der Waals surface area contributed by atoms with Crippen LogP contribution in [0.4, 0.5) is 5.69 Å². The number of fused-ring (bicyclic) bond motifs is 2. The van der Waals surface area contributed by atoms with E-state index in [4.69, 9.17) is 0 Å². The summed E-state index contributed by atoms with van der Waals surface area (Å²) in [4.78, 5) is 45.8. The molecule has 1 aliphatic rings. The summed E-state index contributed by atoms with van der Waals surface area (Å²) >= 11 is 0. The van der Waals surface area contributed by atoms with Crippen molar-refractivity contribution in [3.8, 4) is 0 Å². The van der Waals surface area contributed by atoms with Gasteiger partial charge in [0.25, 0.3) is 5.56 Å². The molecule has 0 atom stereocenters. The number of aromatic nitrogens is 4. The van der Waals surface area contributed by atoms with Crippen LogP contribution in [0.3, 0.4) is 0 Å². The van der Waals surface area contributed by atoms with E-state index in [9.17, 15) is 14.4 Å². The van der Waals surface area contributed by atoms with Gasteiger partial charge in [-0.2, -0.15) is 0 Å². The molecule has 3 aromatic rings. The van der Waals surface area contributed by atoms with Gasteiger partial charge in [0.15, 0.2) is 11.2 Å². The Labute approximate surface area is 180 Å². The fourth-order valence-electron chi connectivity index (χ4n) is 4.21. The lowest BCUT2D eigenvalue weighted by Gasteiger charge is -2.18. The molecule has 1 aliphatic heterocycles. The Morgan fingerprint density at radius 1 is 1.03 bits per heavy atom. The number of carbonyl (C=O) groups is 1. The van der Waals surface area contributed by atoms with Crippen LogP contribution in [0.15, 0.2) is 40.2 Å². The van der Waals surface area contributed by atoms with Gasteiger partial charge < -0.3 is 9.47 Å². The maximum atomic E-state index is 13.3. The molecule has 3 heterocycles. The zero-order chi connectivity index (χ0) is 22.0. The van der Waals surface area contributed by atoms with Crippen molar-refractivity contribution in [2.24, 2.45) is 0 Å². The predicted molar refractivity (Wildman–Crippen MR) is 121 cm³/mol. The fourth-order valence-corrected chi connectivity index (χ4v) is 4.21. The first-order chi connectivity index (χ1) is 15.1. The summed E-state index contributed by atoms with van der Waals surface area (Å²) in [7, 11) is 0. The van der Waals surface area contributed by atoms with Crippen molar-refractivity contribution < 1.29 is 4.79 Å². The van der Waals surface area contributed by atoms with Gasteiger partial charge in [0.1, 0.15) is 6.54 Å². The van der Waals surface area contributed by atoms with Crippen LogP contribution in [0.5, 0.6) is 0 Å².